The van der Waals surface area contributed by atoms with Crippen LogP contribution in [0.2, 0.25) is 0 Å². The zero-order chi connectivity index (χ0) is 21.1. The highest BCUT2D eigenvalue weighted by molar-refractivity contribution is 6.39. The maximum absolute atomic E-state index is 12.3. The van der Waals surface area contributed by atoms with Crippen molar-refractivity contribution in [1.82, 2.24) is 10.3 Å². The Morgan fingerprint density at radius 2 is 1.97 bits per heavy atom. The van der Waals surface area contributed by atoms with Crippen LogP contribution in [0.4, 0.5) is 11.4 Å². The minimum atomic E-state index is -0.725. The SMILES string of the molecule is Cc1ccc(NC(=O)C(=O)NCCc2c[nH]c3ccccc23)cc1N1CCCC1=O. The van der Waals surface area contributed by atoms with Gasteiger partial charge in [0.05, 0.1) is 0 Å². The Bertz CT molecular complexity index is 1120. The van der Waals surface area contributed by atoms with E-state index in [2.05, 4.69) is 15.6 Å². The van der Waals surface area contributed by atoms with Crippen molar-refractivity contribution in [3.05, 3.63) is 59.8 Å². The predicted octanol–water partition coefficient (Wildman–Crippen LogP) is 2.90. The molecule has 4 rings (SSSR count). The number of benzene rings is 2. The van der Waals surface area contributed by atoms with Gasteiger partial charge in [0.25, 0.3) is 0 Å². The van der Waals surface area contributed by atoms with Crippen LogP contribution in [0.1, 0.15) is 24.0 Å². The molecule has 30 heavy (non-hydrogen) atoms. The van der Waals surface area contributed by atoms with Crippen molar-refractivity contribution in [2.75, 3.05) is 23.3 Å². The molecule has 1 aliphatic heterocycles. The van der Waals surface area contributed by atoms with Gasteiger partial charge < -0.3 is 20.5 Å². The number of nitrogens with zero attached hydrogens (tertiary/aromatic N) is 1. The smallest absolute Gasteiger partial charge is 0.313 e. The van der Waals surface area contributed by atoms with Crippen LogP contribution in [0, 0.1) is 6.92 Å². The van der Waals surface area contributed by atoms with E-state index in [-0.39, 0.29) is 5.91 Å². The van der Waals surface area contributed by atoms with Crippen LogP contribution < -0.4 is 15.5 Å². The van der Waals surface area contributed by atoms with Gasteiger partial charge in [-0.2, -0.15) is 0 Å². The van der Waals surface area contributed by atoms with E-state index in [1.807, 2.05) is 43.5 Å². The van der Waals surface area contributed by atoms with Crippen LogP contribution in [-0.2, 0) is 20.8 Å². The normalized spacial score (nSPS) is 13.6. The molecule has 3 amide bonds. The van der Waals surface area contributed by atoms with E-state index in [0.717, 1.165) is 34.1 Å². The van der Waals surface area contributed by atoms with E-state index in [9.17, 15) is 14.4 Å². The van der Waals surface area contributed by atoms with Gasteiger partial charge >= 0.3 is 11.8 Å². The summed E-state index contributed by atoms with van der Waals surface area (Å²) in [6, 6.07) is 13.3. The fourth-order valence-corrected chi connectivity index (χ4v) is 3.80. The number of aromatic nitrogens is 1. The average Bonchev–Trinajstić information content (AvgIpc) is 3.35. The van der Waals surface area contributed by atoms with E-state index in [1.165, 1.54) is 0 Å². The second-order valence-corrected chi connectivity index (χ2v) is 7.47. The Balaban J connectivity index is 1.34. The molecule has 0 aliphatic carbocycles. The molecule has 7 nitrogen and oxygen atoms in total. The van der Waals surface area contributed by atoms with Crippen LogP contribution in [-0.4, -0.2) is 35.8 Å². The van der Waals surface area contributed by atoms with Gasteiger partial charge in [-0.05, 0) is 49.1 Å². The van der Waals surface area contributed by atoms with Crippen molar-refractivity contribution in [2.24, 2.45) is 0 Å². The van der Waals surface area contributed by atoms with Crippen LogP contribution in [0.15, 0.2) is 48.7 Å². The molecule has 2 heterocycles. The quantitative estimate of drug-likeness (QED) is 0.571. The zero-order valence-electron chi connectivity index (χ0n) is 16.8. The number of H-pyrrole nitrogens is 1. The maximum Gasteiger partial charge on any atom is 0.313 e. The minimum absolute atomic E-state index is 0.0802. The highest BCUT2D eigenvalue weighted by Gasteiger charge is 2.23. The molecule has 2 aromatic carbocycles. The molecule has 0 bridgehead atoms. The van der Waals surface area contributed by atoms with Gasteiger partial charge in [0.1, 0.15) is 0 Å². The highest BCUT2D eigenvalue weighted by atomic mass is 16.2. The first-order chi connectivity index (χ1) is 14.5. The molecule has 0 atom stereocenters. The van der Waals surface area contributed by atoms with Crippen LogP contribution in [0.3, 0.4) is 0 Å². The van der Waals surface area contributed by atoms with Crippen molar-refractivity contribution in [3.63, 3.8) is 0 Å². The lowest BCUT2D eigenvalue weighted by Crippen LogP contribution is -2.36. The van der Waals surface area contributed by atoms with Crippen LogP contribution in [0.5, 0.6) is 0 Å². The van der Waals surface area contributed by atoms with Crippen molar-refractivity contribution in [1.29, 1.82) is 0 Å². The number of carbonyl (C=O) groups is 3. The van der Waals surface area contributed by atoms with Gasteiger partial charge in [0, 0.05) is 48.0 Å². The van der Waals surface area contributed by atoms with E-state index in [0.29, 0.717) is 31.6 Å². The summed E-state index contributed by atoms with van der Waals surface area (Å²) in [6.45, 7) is 2.95. The van der Waals surface area contributed by atoms with E-state index in [4.69, 9.17) is 0 Å². The Kier molecular flexibility index (Phi) is 5.52. The number of anilines is 2. The van der Waals surface area contributed by atoms with E-state index < -0.39 is 11.8 Å². The number of amides is 3. The predicted molar refractivity (Wildman–Crippen MR) is 116 cm³/mol. The van der Waals surface area contributed by atoms with Gasteiger partial charge in [-0.3, -0.25) is 14.4 Å². The molecule has 1 aliphatic rings. The lowest BCUT2D eigenvalue weighted by atomic mass is 10.1. The first-order valence-electron chi connectivity index (χ1n) is 10.1. The van der Waals surface area contributed by atoms with E-state index >= 15 is 0 Å². The van der Waals surface area contributed by atoms with Gasteiger partial charge in [0.2, 0.25) is 5.91 Å². The molecule has 3 aromatic rings. The Morgan fingerprint density at radius 1 is 1.13 bits per heavy atom. The van der Waals surface area contributed by atoms with Gasteiger partial charge in [-0.1, -0.05) is 24.3 Å². The second kappa shape index (κ2) is 8.41. The number of fused-ring (bicyclic) bond motifs is 1. The van der Waals surface area contributed by atoms with Crippen molar-refractivity contribution in [3.8, 4) is 0 Å². The number of aryl methyl sites for hydroxylation is 1. The summed E-state index contributed by atoms with van der Waals surface area (Å²) in [6.07, 6.45) is 3.90. The van der Waals surface area contributed by atoms with E-state index in [1.54, 1.807) is 17.0 Å². The Hall–Kier alpha value is -3.61. The number of hydrogen-bond acceptors (Lipinski definition) is 3. The standard InChI is InChI=1S/C23H24N4O3/c1-15-8-9-17(13-20(15)27-12-4-7-21(27)28)26-23(30)22(29)24-11-10-16-14-25-19-6-3-2-5-18(16)19/h2-3,5-6,8-9,13-14,25H,4,7,10-12H2,1H3,(H,24,29)(H,26,30). The van der Waals surface area contributed by atoms with Gasteiger partial charge in [-0.25, -0.2) is 0 Å². The average molecular weight is 404 g/mol. The number of para-hydroxylation sites is 1. The largest absolute Gasteiger partial charge is 0.361 e. The second-order valence-electron chi connectivity index (χ2n) is 7.47. The number of aromatic amines is 1. The van der Waals surface area contributed by atoms with Crippen molar-refractivity contribution in [2.45, 2.75) is 26.2 Å². The first-order valence-corrected chi connectivity index (χ1v) is 10.1. The summed E-state index contributed by atoms with van der Waals surface area (Å²) in [5.41, 5.74) is 4.35. The molecule has 0 radical (unpaired) electrons. The van der Waals surface area contributed by atoms with Crippen LogP contribution >= 0.6 is 0 Å². The van der Waals surface area contributed by atoms with Gasteiger partial charge in [-0.15, -0.1) is 0 Å². The zero-order valence-corrected chi connectivity index (χ0v) is 16.8. The monoisotopic (exact) mass is 404 g/mol. The minimum Gasteiger partial charge on any atom is -0.361 e. The highest BCUT2D eigenvalue weighted by Crippen LogP contribution is 2.28. The molecule has 1 fully saturated rings. The molecule has 3 N–H and O–H groups in total. The summed E-state index contributed by atoms with van der Waals surface area (Å²) in [4.78, 5) is 41.5. The van der Waals surface area contributed by atoms with Crippen molar-refractivity contribution >= 4 is 40.0 Å². The third kappa shape index (κ3) is 4.05. The lowest BCUT2D eigenvalue weighted by molar-refractivity contribution is -0.136. The molecule has 0 spiro atoms. The molecular formula is C23H24N4O3. The number of carbonyl (C=O) groups excluding carboxylic acids is 3. The Morgan fingerprint density at radius 3 is 2.77 bits per heavy atom. The van der Waals surface area contributed by atoms with Crippen LogP contribution in [0.25, 0.3) is 10.9 Å². The number of hydrogen-bond donors (Lipinski definition) is 3. The third-order valence-corrected chi connectivity index (χ3v) is 5.39. The number of nitrogens with one attached hydrogen (secondary N) is 3. The topological polar surface area (TPSA) is 94.3 Å². The number of rotatable bonds is 5. The molecular weight excluding hydrogens is 380 g/mol. The molecule has 7 heteroatoms. The summed E-state index contributed by atoms with van der Waals surface area (Å²) < 4.78 is 0. The van der Waals surface area contributed by atoms with Crippen molar-refractivity contribution < 1.29 is 14.4 Å². The third-order valence-electron chi connectivity index (χ3n) is 5.39. The first kappa shape index (κ1) is 19.7. The maximum atomic E-state index is 12.3. The summed E-state index contributed by atoms with van der Waals surface area (Å²) in [5.74, 6) is -1.33. The fraction of sp³-hybridized carbons (Fsp3) is 0.261. The molecule has 1 aromatic heterocycles. The summed E-state index contributed by atoms with van der Waals surface area (Å²) in [7, 11) is 0. The Labute approximate surface area is 174 Å². The molecule has 154 valence electrons. The molecule has 0 saturated carbocycles. The fourth-order valence-electron chi connectivity index (χ4n) is 3.80. The van der Waals surface area contributed by atoms with Gasteiger partial charge in [0.15, 0.2) is 0 Å². The molecule has 1 saturated heterocycles. The summed E-state index contributed by atoms with van der Waals surface area (Å²) in [5, 5.41) is 6.40. The summed E-state index contributed by atoms with van der Waals surface area (Å²) >= 11 is 0. The molecule has 0 unspecified atom stereocenters. The lowest BCUT2D eigenvalue weighted by Gasteiger charge is -2.19.